The summed E-state index contributed by atoms with van der Waals surface area (Å²) in [5, 5.41) is 0. The van der Waals surface area contributed by atoms with E-state index >= 15 is 0 Å². The first-order chi connectivity index (χ1) is 7.05. The molecule has 2 aliphatic rings. The van der Waals surface area contributed by atoms with Gasteiger partial charge < -0.3 is 5.73 Å². The zero-order valence-electron chi connectivity index (χ0n) is 10.6. The molecule has 2 heteroatoms. The molecule has 0 radical (unpaired) electrons. The predicted molar refractivity (Wildman–Crippen MR) is 64.8 cm³/mol. The largest absolute Gasteiger partial charge is 0.329 e. The fourth-order valence-corrected chi connectivity index (χ4v) is 2.77. The highest BCUT2D eigenvalue weighted by Crippen LogP contribution is 2.56. The molecular weight excluding hydrogens is 184 g/mol. The molecule has 2 N–H and O–H groups in total. The molecule has 0 bridgehead atoms. The van der Waals surface area contributed by atoms with E-state index in [9.17, 15) is 0 Å². The van der Waals surface area contributed by atoms with E-state index in [0.717, 1.165) is 19.0 Å². The summed E-state index contributed by atoms with van der Waals surface area (Å²) in [7, 11) is 0. The van der Waals surface area contributed by atoms with Crippen LogP contribution in [0.15, 0.2) is 0 Å². The average Bonchev–Trinajstić information content (AvgIpc) is 3.10. The van der Waals surface area contributed by atoms with Gasteiger partial charge in [0, 0.05) is 18.6 Å². The van der Waals surface area contributed by atoms with E-state index < -0.39 is 0 Å². The molecule has 88 valence electrons. The van der Waals surface area contributed by atoms with Gasteiger partial charge in [-0.2, -0.15) is 0 Å². The van der Waals surface area contributed by atoms with Crippen LogP contribution in [0.1, 0.15) is 46.5 Å². The minimum absolute atomic E-state index is 0.240. The Balaban J connectivity index is 2.07. The molecule has 0 spiro atoms. The Morgan fingerprint density at radius 1 is 1.40 bits per heavy atom. The summed E-state index contributed by atoms with van der Waals surface area (Å²) in [4.78, 5) is 2.65. The molecule has 15 heavy (non-hydrogen) atoms. The van der Waals surface area contributed by atoms with Gasteiger partial charge in [-0.15, -0.1) is 0 Å². The monoisotopic (exact) mass is 210 g/mol. The molecule has 2 rings (SSSR count). The molecule has 0 amide bonds. The third kappa shape index (κ3) is 1.94. The maximum Gasteiger partial charge on any atom is 0.0357 e. The fourth-order valence-electron chi connectivity index (χ4n) is 2.77. The van der Waals surface area contributed by atoms with Gasteiger partial charge in [-0.3, -0.25) is 4.90 Å². The van der Waals surface area contributed by atoms with Gasteiger partial charge in [-0.25, -0.2) is 0 Å². The van der Waals surface area contributed by atoms with E-state index in [-0.39, 0.29) is 5.54 Å². The molecule has 1 unspecified atom stereocenters. The van der Waals surface area contributed by atoms with Crippen LogP contribution < -0.4 is 5.73 Å². The number of hydrogen-bond donors (Lipinski definition) is 1. The molecule has 0 aromatic carbocycles. The summed E-state index contributed by atoms with van der Waals surface area (Å²) < 4.78 is 0. The van der Waals surface area contributed by atoms with Crippen LogP contribution in [-0.2, 0) is 0 Å². The quantitative estimate of drug-likeness (QED) is 0.728. The van der Waals surface area contributed by atoms with Gasteiger partial charge in [-0.1, -0.05) is 13.8 Å². The van der Waals surface area contributed by atoms with Gasteiger partial charge in [0.2, 0.25) is 0 Å². The van der Waals surface area contributed by atoms with E-state index in [1.807, 2.05) is 0 Å². The van der Waals surface area contributed by atoms with E-state index in [0.29, 0.717) is 5.41 Å². The number of likely N-dealkylation sites (N-methyl/N-ethyl adjacent to an activating group) is 1. The van der Waals surface area contributed by atoms with E-state index in [1.54, 1.807) is 0 Å². The zero-order valence-corrected chi connectivity index (χ0v) is 10.6. The van der Waals surface area contributed by atoms with Crippen LogP contribution in [0.5, 0.6) is 0 Å². The highest BCUT2D eigenvalue weighted by Gasteiger charge is 2.55. The summed E-state index contributed by atoms with van der Waals surface area (Å²) in [6, 6.07) is 0. The lowest BCUT2D eigenvalue weighted by Gasteiger charge is -2.45. The Hall–Kier alpha value is -0.0800. The lowest BCUT2D eigenvalue weighted by atomic mass is 9.82. The van der Waals surface area contributed by atoms with Crippen LogP contribution >= 0.6 is 0 Å². The third-order valence-electron chi connectivity index (χ3n) is 4.95. The number of hydrogen-bond acceptors (Lipinski definition) is 2. The second-order valence-corrected chi connectivity index (χ2v) is 6.02. The van der Waals surface area contributed by atoms with Crippen molar-refractivity contribution in [3.05, 3.63) is 0 Å². The van der Waals surface area contributed by atoms with Crippen molar-refractivity contribution < 1.29 is 0 Å². The second kappa shape index (κ2) is 3.74. The summed E-state index contributed by atoms with van der Waals surface area (Å²) in [6.07, 6.45) is 5.60. The van der Waals surface area contributed by atoms with Gasteiger partial charge in [0.25, 0.3) is 0 Å². The van der Waals surface area contributed by atoms with Crippen molar-refractivity contribution in [2.45, 2.75) is 52.0 Å². The van der Waals surface area contributed by atoms with Crippen molar-refractivity contribution in [2.24, 2.45) is 17.1 Å². The summed E-state index contributed by atoms with van der Waals surface area (Å²) in [6.45, 7) is 10.3. The Morgan fingerprint density at radius 3 is 2.33 bits per heavy atom. The smallest absolute Gasteiger partial charge is 0.0357 e. The highest BCUT2D eigenvalue weighted by molar-refractivity contribution is 5.10. The third-order valence-corrected chi connectivity index (χ3v) is 4.95. The first-order valence-electron chi connectivity index (χ1n) is 6.51. The van der Waals surface area contributed by atoms with Gasteiger partial charge in [0.1, 0.15) is 0 Å². The standard InChI is InChI=1S/C13H26N2/c1-4-15(9-11-5-6-11)13(3,10-14)12(2)7-8-12/h11H,4-10,14H2,1-3H3. The molecule has 0 aliphatic heterocycles. The first kappa shape index (κ1) is 11.4. The molecule has 2 aliphatic carbocycles. The van der Waals surface area contributed by atoms with Crippen LogP contribution in [0.4, 0.5) is 0 Å². The zero-order chi connectivity index (χ0) is 11.1. The summed E-state index contributed by atoms with van der Waals surface area (Å²) in [5.74, 6) is 0.971. The predicted octanol–water partition coefficient (Wildman–Crippen LogP) is 2.24. The van der Waals surface area contributed by atoms with Crippen molar-refractivity contribution in [1.82, 2.24) is 4.90 Å². The van der Waals surface area contributed by atoms with Gasteiger partial charge >= 0.3 is 0 Å². The maximum absolute atomic E-state index is 6.06. The molecule has 1 atom stereocenters. The van der Waals surface area contributed by atoms with E-state index in [4.69, 9.17) is 5.73 Å². The molecule has 2 saturated carbocycles. The van der Waals surface area contributed by atoms with Crippen molar-refractivity contribution in [3.63, 3.8) is 0 Å². The van der Waals surface area contributed by atoms with Crippen LogP contribution in [0.2, 0.25) is 0 Å². The van der Waals surface area contributed by atoms with Crippen LogP contribution in [0.3, 0.4) is 0 Å². The number of nitrogens with zero attached hydrogens (tertiary/aromatic N) is 1. The van der Waals surface area contributed by atoms with Crippen molar-refractivity contribution in [3.8, 4) is 0 Å². The van der Waals surface area contributed by atoms with E-state index in [2.05, 4.69) is 25.7 Å². The van der Waals surface area contributed by atoms with E-state index in [1.165, 1.54) is 32.2 Å². The average molecular weight is 210 g/mol. The van der Waals surface area contributed by atoms with Crippen LogP contribution in [-0.4, -0.2) is 30.1 Å². The van der Waals surface area contributed by atoms with Gasteiger partial charge in [0.15, 0.2) is 0 Å². The first-order valence-corrected chi connectivity index (χ1v) is 6.51. The van der Waals surface area contributed by atoms with Crippen molar-refractivity contribution in [1.29, 1.82) is 0 Å². The summed E-state index contributed by atoms with van der Waals surface area (Å²) >= 11 is 0. The lowest BCUT2D eigenvalue weighted by molar-refractivity contribution is 0.0480. The fraction of sp³-hybridized carbons (Fsp3) is 1.00. The Labute approximate surface area is 94.2 Å². The number of rotatable bonds is 6. The van der Waals surface area contributed by atoms with Crippen LogP contribution in [0.25, 0.3) is 0 Å². The molecule has 0 heterocycles. The Kier molecular flexibility index (Phi) is 2.85. The Morgan fingerprint density at radius 2 is 2.00 bits per heavy atom. The molecular formula is C13H26N2. The normalized spacial score (nSPS) is 27.8. The summed E-state index contributed by atoms with van der Waals surface area (Å²) in [5.41, 5.74) is 6.80. The van der Waals surface area contributed by atoms with Crippen LogP contribution in [0, 0.1) is 11.3 Å². The minimum atomic E-state index is 0.240. The topological polar surface area (TPSA) is 29.3 Å². The second-order valence-electron chi connectivity index (χ2n) is 6.02. The number of nitrogens with two attached hydrogens (primary N) is 1. The molecule has 0 aromatic rings. The molecule has 2 nitrogen and oxygen atoms in total. The SMILES string of the molecule is CCN(CC1CC1)C(C)(CN)C1(C)CC1. The molecule has 2 fully saturated rings. The van der Waals surface area contributed by atoms with Crippen molar-refractivity contribution in [2.75, 3.05) is 19.6 Å². The van der Waals surface area contributed by atoms with Crippen molar-refractivity contribution >= 4 is 0 Å². The lowest BCUT2D eigenvalue weighted by Crippen LogP contribution is -2.57. The van der Waals surface area contributed by atoms with Gasteiger partial charge in [0.05, 0.1) is 0 Å². The maximum atomic E-state index is 6.06. The Bertz CT molecular complexity index is 231. The highest BCUT2D eigenvalue weighted by atomic mass is 15.2. The van der Waals surface area contributed by atoms with Gasteiger partial charge in [-0.05, 0) is 50.5 Å². The molecule has 0 saturated heterocycles. The molecule has 0 aromatic heterocycles. The minimum Gasteiger partial charge on any atom is -0.329 e.